The van der Waals surface area contributed by atoms with Crippen LogP contribution < -0.4 is 11.1 Å². The maximum Gasteiger partial charge on any atom is 0.257 e. The van der Waals surface area contributed by atoms with Crippen LogP contribution in [-0.4, -0.2) is 5.91 Å². The minimum absolute atomic E-state index is 0.156. The lowest BCUT2D eigenvalue weighted by atomic mass is 10.2. The van der Waals surface area contributed by atoms with Gasteiger partial charge in [0.15, 0.2) is 0 Å². The Hall–Kier alpha value is -1.66. The molecule has 0 fully saturated rings. The van der Waals surface area contributed by atoms with E-state index in [4.69, 9.17) is 17.3 Å². The van der Waals surface area contributed by atoms with Crippen molar-refractivity contribution in [2.24, 2.45) is 0 Å². The van der Waals surface area contributed by atoms with Crippen molar-refractivity contribution in [2.45, 2.75) is 0 Å². The molecule has 20 heavy (non-hydrogen) atoms. The van der Waals surface area contributed by atoms with Crippen molar-refractivity contribution in [2.75, 3.05) is 11.1 Å². The molecule has 0 spiro atoms. The summed E-state index contributed by atoms with van der Waals surface area (Å²) in [6.45, 7) is 0. The van der Waals surface area contributed by atoms with E-state index in [1.165, 1.54) is 6.07 Å². The van der Waals surface area contributed by atoms with Crippen LogP contribution in [0, 0.1) is 11.6 Å². The summed E-state index contributed by atoms with van der Waals surface area (Å²) in [6, 6.07) is 6.37. The Morgan fingerprint density at radius 2 is 1.95 bits per heavy atom. The number of nitrogens with two attached hydrogens (primary N) is 1. The highest BCUT2D eigenvalue weighted by molar-refractivity contribution is 9.10. The van der Waals surface area contributed by atoms with E-state index in [9.17, 15) is 13.6 Å². The molecule has 0 saturated heterocycles. The third-order valence-corrected chi connectivity index (χ3v) is 3.83. The van der Waals surface area contributed by atoms with Gasteiger partial charge in [-0.25, -0.2) is 8.78 Å². The molecule has 0 aliphatic rings. The number of nitrogen functional groups attached to an aromatic ring is 1. The Bertz CT molecular complexity index is 694. The second-order valence-corrected chi connectivity index (χ2v) is 5.14. The number of anilines is 2. The number of carbonyl (C=O) groups is 1. The van der Waals surface area contributed by atoms with Gasteiger partial charge in [-0.1, -0.05) is 17.7 Å². The monoisotopic (exact) mass is 360 g/mol. The minimum atomic E-state index is -0.920. The molecular weight excluding hydrogens is 354 g/mol. The maximum atomic E-state index is 13.5. The van der Waals surface area contributed by atoms with Crippen LogP contribution in [0.3, 0.4) is 0 Å². The molecular formula is C13H8BrClF2N2O. The highest BCUT2D eigenvalue weighted by Gasteiger charge is 2.15. The van der Waals surface area contributed by atoms with Crippen LogP contribution in [-0.2, 0) is 0 Å². The average molecular weight is 362 g/mol. The summed E-state index contributed by atoms with van der Waals surface area (Å²) < 4.78 is 27.1. The van der Waals surface area contributed by atoms with Gasteiger partial charge in [0.05, 0.1) is 22.0 Å². The molecule has 0 aliphatic heterocycles. The first kappa shape index (κ1) is 14.7. The highest BCUT2D eigenvalue weighted by Crippen LogP contribution is 2.27. The van der Waals surface area contributed by atoms with Crippen molar-refractivity contribution >= 4 is 44.8 Å². The van der Waals surface area contributed by atoms with Crippen molar-refractivity contribution in [1.82, 2.24) is 0 Å². The quantitative estimate of drug-likeness (QED) is 0.787. The number of hydrogen-bond acceptors (Lipinski definition) is 2. The third kappa shape index (κ3) is 2.91. The normalized spacial score (nSPS) is 10.4. The molecule has 0 atom stereocenters. The summed E-state index contributed by atoms with van der Waals surface area (Å²) in [6.07, 6.45) is 0. The first-order valence-electron chi connectivity index (χ1n) is 5.40. The van der Waals surface area contributed by atoms with Gasteiger partial charge in [0, 0.05) is 10.5 Å². The Kier molecular flexibility index (Phi) is 4.25. The number of hydrogen-bond donors (Lipinski definition) is 2. The average Bonchev–Trinajstić information content (AvgIpc) is 2.39. The summed E-state index contributed by atoms with van der Waals surface area (Å²) in [4.78, 5) is 12.0. The van der Waals surface area contributed by atoms with Gasteiger partial charge < -0.3 is 11.1 Å². The van der Waals surface area contributed by atoms with E-state index in [-0.39, 0.29) is 22.0 Å². The largest absolute Gasteiger partial charge is 0.396 e. The van der Waals surface area contributed by atoms with Gasteiger partial charge in [0.1, 0.15) is 11.6 Å². The van der Waals surface area contributed by atoms with Crippen LogP contribution in [0.15, 0.2) is 34.8 Å². The van der Waals surface area contributed by atoms with Gasteiger partial charge >= 0.3 is 0 Å². The fourth-order valence-electron chi connectivity index (χ4n) is 1.53. The highest BCUT2D eigenvalue weighted by atomic mass is 79.9. The lowest BCUT2D eigenvalue weighted by molar-refractivity contribution is 0.102. The van der Waals surface area contributed by atoms with Crippen molar-refractivity contribution in [3.63, 3.8) is 0 Å². The molecule has 0 heterocycles. The summed E-state index contributed by atoms with van der Waals surface area (Å²) in [5.74, 6) is -2.43. The van der Waals surface area contributed by atoms with Gasteiger partial charge in [-0.2, -0.15) is 0 Å². The van der Waals surface area contributed by atoms with Crippen molar-refractivity contribution in [3.05, 3.63) is 57.0 Å². The Labute approximate surface area is 126 Å². The smallest absolute Gasteiger partial charge is 0.257 e. The Morgan fingerprint density at radius 3 is 2.65 bits per heavy atom. The van der Waals surface area contributed by atoms with Crippen LogP contribution in [0.2, 0.25) is 5.02 Å². The molecule has 2 aromatic carbocycles. The maximum absolute atomic E-state index is 13.5. The van der Waals surface area contributed by atoms with E-state index in [2.05, 4.69) is 21.2 Å². The molecule has 3 nitrogen and oxygen atoms in total. The molecule has 0 aromatic heterocycles. The van der Waals surface area contributed by atoms with Gasteiger partial charge in [-0.15, -0.1) is 0 Å². The number of carbonyl (C=O) groups excluding carboxylic acids is 1. The Morgan fingerprint density at radius 1 is 1.25 bits per heavy atom. The number of rotatable bonds is 2. The molecule has 7 heteroatoms. The molecule has 2 rings (SSSR count). The molecule has 3 N–H and O–H groups in total. The summed E-state index contributed by atoms with van der Waals surface area (Å²) in [5.41, 5.74) is 5.01. The molecule has 0 aliphatic carbocycles. The van der Waals surface area contributed by atoms with E-state index in [1.54, 1.807) is 12.1 Å². The van der Waals surface area contributed by atoms with Crippen LogP contribution in [0.4, 0.5) is 20.2 Å². The van der Waals surface area contributed by atoms with Crippen LogP contribution in [0.1, 0.15) is 10.4 Å². The second-order valence-electron chi connectivity index (χ2n) is 3.91. The zero-order chi connectivity index (χ0) is 14.9. The summed E-state index contributed by atoms with van der Waals surface area (Å²) >= 11 is 9.14. The molecule has 0 bridgehead atoms. The van der Waals surface area contributed by atoms with Crippen LogP contribution in [0.5, 0.6) is 0 Å². The van der Waals surface area contributed by atoms with Gasteiger partial charge in [-0.05, 0) is 34.1 Å². The van der Waals surface area contributed by atoms with Crippen LogP contribution >= 0.6 is 27.5 Å². The van der Waals surface area contributed by atoms with E-state index >= 15 is 0 Å². The zero-order valence-electron chi connectivity index (χ0n) is 9.88. The third-order valence-electron chi connectivity index (χ3n) is 2.53. The zero-order valence-corrected chi connectivity index (χ0v) is 12.2. The molecule has 0 saturated carbocycles. The van der Waals surface area contributed by atoms with E-state index < -0.39 is 17.5 Å². The van der Waals surface area contributed by atoms with Crippen molar-refractivity contribution in [1.29, 1.82) is 0 Å². The van der Waals surface area contributed by atoms with Gasteiger partial charge in [-0.3, -0.25) is 4.79 Å². The first-order chi connectivity index (χ1) is 9.40. The van der Waals surface area contributed by atoms with Crippen LogP contribution in [0.25, 0.3) is 0 Å². The first-order valence-corrected chi connectivity index (χ1v) is 6.57. The van der Waals surface area contributed by atoms with Gasteiger partial charge in [0.25, 0.3) is 5.91 Å². The standard InChI is InChI=1S/C13H8BrClF2N2O/c14-7-3-1-2-6(12(7)15)13(20)19-11-5-10(18)8(16)4-9(11)17/h1-5H,18H2,(H,19,20). The summed E-state index contributed by atoms with van der Waals surface area (Å²) in [5, 5.41) is 2.49. The summed E-state index contributed by atoms with van der Waals surface area (Å²) in [7, 11) is 0. The molecule has 104 valence electrons. The fourth-order valence-corrected chi connectivity index (χ4v) is 2.11. The Balaban J connectivity index is 2.33. The van der Waals surface area contributed by atoms with E-state index in [1.807, 2.05) is 0 Å². The molecule has 2 aromatic rings. The predicted molar refractivity (Wildman–Crippen MR) is 77.9 cm³/mol. The lowest BCUT2D eigenvalue weighted by Crippen LogP contribution is -2.14. The van der Waals surface area contributed by atoms with E-state index in [0.29, 0.717) is 10.5 Å². The number of benzene rings is 2. The lowest BCUT2D eigenvalue weighted by Gasteiger charge is -2.09. The number of halogens is 4. The number of amides is 1. The van der Waals surface area contributed by atoms with Crippen molar-refractivity contribution < 1.29 is 13.6 Å². The minimum Gasteiger partial charge on any atom is -0.396 e. The molecule has 0 radical (unpaired) electrons. The SMILES string of the molecule is Nc1cc(NC(=O)c2cccc(Br)c2Cl)c(F)cc1F. The van der Waals surface area contributed by atoms with Gasteiger partial charge in [0.2, 0.25) is 0 Å². The molecule has 1 amide bonds. The van der Waals surface area contributed by atoms with Crippen molar-refractivity contribution in [3.8, 4) is 0 Å². The molecule has 0 unspecified atom stereocenters. The second kappa shape index (κ2) is 5.76. The fraction of sp³-hybridized carbons (Fsp3) is 0. The van der Waals surface area contributed by atoms with E-state index in [0.717, 1.165) is 6.07 Å². The number of nitrogens with one attached hydrogen (secondary N) is 1. The predicted octanol–water partition coefficient (Wildman–Crippen LogP) is 4.22. The topological polar surface area (TPSA) is 55.1 Å².